The van der Waals surface area contributed by atoms with Crippen LogP contribution in [0.4, 0.5) is 0 Å². The van der Waals surface area contributed by atoms with E-state index in [1.807, 2.05) is 32.2 Å². The molecule has 7 nitrogen and oxygen atoms in total. The lowest BCUT2D eigenvalue weighted by molar-refractivity contribution is -0.131. The molecule has 0 atom stereocenters. The third-order valence-corrected chi connectivity index (χ3v) is 3.93. The van der Waals surface area contributed by atoms with Gasteiger partial charge in [0.15, 0.2) is 0 Å². The fraction of sp³-hybridized carbons (Fsp3) is 0.176. The van der Waals surface area contributed by atoms with E-state index in [2.05, 4.69) is 20.3 Å². The lowest BCUT2D eigenvalue weighted by atomic mass is 10.1. The van der Waals surface area contributed by atoms with Crippen LogP contribution in [0.1, 0.15) is 12.6 Å². The number of H-pyrrole nitrogens is 1. The molecule has 0 amide bonds. The molecule has 1 aromatic carbocycles. The molecular weight excluding hydrogens is 306 g/mol. The van der Waals surface area contributed by atoms with Crippen LogP contribution < -0.4 is 4.74 Å². The Kier molecular flexibility index (Phi) is 3.09. The number of aryl methyl sites for hydroxylation is 2. The summed E-state index contributed by atoms with van der Waals surface area (Å²) < 4.78 is 6.89. The molecule has 0 bridgehead atoms. The molecule has 1 N–H and O–H groups in total. The van der Waals surface area contributed by atoms with Gasteiger partial charge < -0.3 is 9.72 Å². The number of fused-ring (bicyclic) bond motifs is 3. The van der Waals surface area contributed by atoms with E-state index >= 15 is 0 Å². The number of aromatic amines is 1. The first kappa shape index (κ1) is 14.4. The van der Waals surface area contributed by atoms with Gasteiger partial charge in [-0.3, -0.25) is 9.78 Å². The van der Waals surface area contributed by atoms with E-state index < -0.39 is 0 Å². The molecule has 0 spiro atoms. The van der Waals surface area contributed by atoms with Crippen LogP contribution in [0.15, 0.2) is 30.5 Å². The predicted molar refractivity (Wildman–Crippen MR) is 89.6 cm³/mol. The molecule has 120 valence electrons. The van der Waals surface area contributed by atoms with E-state index in [1.54, 1.807) is 16.9 Å². The van der Waals surface area contributed by atoms with Crippen LogP contribution in [0.3, 0.4) is 0 Å². The molecule has 3 aromatic heterocycles. The zero-order chi connectivity index (χ0) is 16.8. The molecule has 4 rings (SSSR count). The molecule has 0 saturated carbocycles. The van der Waals surface area contributed by atoms with Gasteiger partial charge in [0.05, 0.1) is 22.4 Å². The molecule has 3 heterocycles. The number of nitrogens with zero attached hydrogens (tertiary/aromatic N) is 4. The van der Waals surface area contributed by atoms with Crippen LogP contribution in [0, 0.1) is 6.92 Å². The minimum atomic E-state index is -0.344. The van der Waals surface area contributed by atoms with Crippen LogP contribution in [-0.4, -0.2) is 30.9 Å². The second-order valence-corrected chi connectivity index (χ2v) is 5.69. The first-order valence-electron chi connectivity index (χ1n) is 7.49. The molecule has 7 heteroatoms. The fourth-order valence-corrected chi connectivity index (χ4v) is 2.96. The van der Waals surface area contributed by atoms with Gasteiger partial charge in [-0.25, -0.2) is 4.68 Å². The Balaban J connectivity index is 1.89. The number of nitrogens with one attached hydrogen (secondary N) is 1. The SMILES string of the molecule is CC(=O)Oc1ccc2[nH]c3cc(-c4c(C)nnn4C)cnc3c2c1. The van der Waals surface area contributed by atoms with Gasteiger partial charge in [0, 0.05) is 36.6 Å². The highest BCUT2D eigenvalue weighted by atomic mass is 16.5. The molecule has 0 unspecified atom stereocenters. The maximum absolute atomic E-state index is 11.1. The number of hydrogen-bond donors (Lipinski definition) is 1. The summed E-state index contributed by atoms with van der Waals surface area (Å²) in [6.45, 7) is 3.30. The van der Waals surface area contributed by atoms with Gasteiger partial charge in [0.25, 0.3) is 0 Å². The highest BCUT2D eigenvalue weighted by molar-refractivity contribution is 6.06. The average molecular weight is 321 g/mol. The van der Waals surface area contributed by atoms with Crippen molar-refractivity contribution in [3.05, 3.63) is 36.2 Å². The quantitative estimate of drug-likeness (QED) is 0.453. The third-order valence-electron chi connectivity index (χ3n) is 3.93. The summed E-state index contributed by atoms with van der Waals surface area (Å²) in [6, 6.07) is 7.49. The smallest absolute Gasteiger partial charge is 0.308 e. The second-order valence-electron chi connectivity index (χ2n) is 5.69. The fourth-order valence-electron chi connectivity index (χ4n) is 2.96. The first-order chi connectivity index (χ1) is 11.5. The van der Waals surface area contributed by atoms with Gasteiger partial charge in [0.1, 0.15) is 5.75 Å². The molecule has 0 aliphatic carbocycles. The second kappa shape index (κ2) is 5.16. The molecule has 0 fully saturated rings. The normalized spacial score (nSPS) is 11.3. The number of esters is 1. The summed E-state index contributed by atoms with van der Waals surface area (Å²) in [7, 11) is 1.86. The van der Waals surface area contributed by atoms with Crippen molar-refractivity contribution in [1.82, 2.24) is 25.0 Å². The number of rotatable bonds is 2. The predicted octanol–water partition coefficient (Wildman–Crippen LogP) is 2.75. The highest BCUT2D eigenvalue weighted by Gasteiger charge is 2.13. The molecular formula is C17H15N5O2. The Bertz CT molecular complexity index is 1070. The zero-order valence-electron chi connectivity index (χ0n) is 13.5. The van der Waals surface area contributed by atoms with Crippen LogP contribution in [0.2, 0.25) is 0 Å². The van der Waals surface area contributed by atoms with Crippen molar-refractivity contribution in [2.75, 3.05) is 0 Å². The minimum Gasteiger partial charge on any atom is -0.427 e. The summed E-state index contributed by atoms with van der Waals surface area (Å²) in [6.07, 6.45) is 1.81. The van der Waals surface area contributed by atoms with E-state index in [-0.39, 0.29) is 5.97 Å². The van der Waals surface area contributed by atoms with Crippen molar-refractivity contribution in [2.24, 2.45) is 7.05 Å². The topological polar surface area (TPSA) is 85.7 Å². The van der Waals surface area contributed by atoms with Gasteiger partial charge in [-0.2, -0.15) is 0 Å². The Hall–Kier alpha value is -3.22. The first-order valence-corrected chi connectivity index (χ1v) is 7.49. The number of ether oxygens (including phenoxy) is 1. The van der Waals surface area contributed by atoms with Gasteiger partial charge in [-0.05, 0) is 31.2 Å². The van der Waals surface area contributed by atoms with Gasteiger partial charge in [-0.1, -0.05) is 5.21 Å². The number of benzene rings is 1. The van der Waals surface area contributed by atoms with E-state index in [0.29, 0.717) is 5.75 Å². The van der Waals surface area contributed by atoms with Gasteiger partial charge >= 0.3 is 5.97 Å². The number of hydrogen-bond acceptors (Lipinski definition) is 5. The number of carbonyl (C=O) groups is 1. The van der Waals surface area contributed by atoms with E-state index in [9.17, 15) is 4.79 Å². The number of carbonyl (C=O) groups excluding carboxylic acids is 1. The van der Waals surface area contributed by atoms with Gasteiger partial charge in [-0.15, -0.1) is 5.10 Å². The molecule has 0 saturated heterocycles. The van der Waals surface area contributed by atoms with Crippen LogP contribution >= 0.6 is 0 Å². The monoisotopic (exact) mass is 321 g/mol. The summed E-state index contributed by atoms with van der Waals surface area (Å²) >= 11 is 0. The summed E-state index contributed by atoms with van der Waals surface area (Å²) in [5, 5.41) is 9.03. The van der Waals surface area contributed by atoms with Crippen molar-refractivity contribution < 1.29 is 9.53 Å². The standard InChI is InChI=1S/C17H15N5O2/c1-9-17(22(3)21-20-9)11-6-15-16(18-8-11)13-7-12(24-10(2)23)4-5-14(13)19-15/h4-8,19H,1-3H3. The van der Waals surface area contributed by atoms with Crippen molar-refractivity contribution in [3.8, 4) is 17.0 Å². The van der Waals surface area contributed by atoms with Gasteiger partial charge in [0.2, 0.25) is 0 Å². The Morgan fingerprint density at radius 2 is 2.08 bits per heavy atom. The maximum Gasteiger partial charge on any atom is 0.308 e. The Morgan fingerprint density at radius 1 is 1.25 bits per heavy atom. The number of aromatic nitrogens is 5. The maximum atomic E-state index is 11.1. The van der Waals surface area contributed by atoms with Crippen LogP contribution in [0.25, 0.3) is 33.2 Å². The molecule has 0 radical (unpaired) electrons. The van der Waals surface area contributed by atoms with Crippen LogP contribution in [0.5, 0.6) is 5.75 Å². The number of pyridine rings is 1. The average Bonchev–Trinajstić information content (AvgIpc) is 3.06. The highest BCUT2D eigenvalue weighted by Crippen LogP contribution is 2.30. The lowest BCUT2D eigenvalue weighted by Crippen LogP contribution is -2.00. The largest absolute Gasteiger partial charge is 0.427 e. The van der Waals surface area contributed by atoms with Crippen molar-refractivity contribution in [1.29, 1.82) is 0 Å². The lowest BCUT2D eigenvalue weighted by Gasteiger charge is -2.02. The minimum absolute atomic E-state index is 0.344. The van der Waals surface area contributed by atoms with Crippen molar-refractivity contribution in [3.63, 3.8) is 0 Å². The van der Waals surface area contributed by atoms with E-state index in [4.69, 9.17) is 4.74 Å². The molecule has 0 aliphatic heterocycles. The van der Waals surface area contributed by atoms with E-state index in [1.165, 1.54) is 6.92 Å². The Morgan fingerprint density at radius 3 is 2.79 bits per heavy atom. The molecule has 4 aromatic rings. The molecule has 0 aliphatic rings. The van der Waals surface area contributed by atoms with Crippen LogP contribution in [-0.2, 0) is 11.8 Å². The van der Waals surface area contributed by atoms with Crippen molar-refractivity contribution in [2.45, 2.75) is 13.8 Å². The summed E-state index contributed by atoms with van der Waals surface area (Å²) in [5.41, 5.74) is 5.40. The van der Waals surface area contributed by atoms with E-state index in [0.717, 1.165) is 38.9 Å². The third kappa shape index (κ3) is 2.21. The zero-order valence-corrected chi connectivity index (χ0v) is 13.5. The van der Waals surface area contributed by atoms with Crippen molar-refractivity contribution >= 4 is 27.9 Å². The molecule has 24 heavy (non-hydrogen) atoms. The summed E-state index contributed by atoms with van der Waals surface area (Å²) in [4.78, 5) is 19.1. The summed E-state index contributed by atoms with van der Waals surface area (Å²) in [5.74, 6) is 0.164. The Labute approximate surface area is 137 Å².